The van der Waals surface area contributed by atoms with Crippen molar-refractivity contribution >= 4 is 11.3 Å². The number of methoxy groups -OCH3 is 1. The third-order valence-corrected chi connectivity index (χ3v) is 3.41. The first kappa shape index (κ1) is 11.7. The molecular formula is C11H18O2S. The molecule has 1 N–H and O–H groups in total. The van der Waals surface area contributed by atoms with Crippen LogP contribution >= 0.6 is 11.3 Å². The van der Waals surface area contributed by atoms with Gasteiger partial charge in [-0.2, -0.15) is 0 Å². The van der Waals surface area contributed by atoms with E-state index >= 15 is 0 Å². The summed E-state index contributed by atoms with van der Waals surface area (Å²) in [7, 11) is 1.63. The van der Waals surface area contributed by atoms with Crippen molar-refractivity contribution < 1.29 is 9.84 Å². The Morgan fingerprint density at radius 1 is 1.57 bits per heavy atom. The van der Waals surface area contributed by atoms with E-state index < -0.39 is 5.60 Å². The van der Waals surface area contributed by atoms with E-state index in [-0.39, 0.29) is 5.92 Å². The van der Waals surface area contributed by atoms with Crippen molar-refractivity contribution in [3.05, 3.63) is 22.4 Å². The van der Waals surface area contributed by atoms with Gasteiger partial charge < -0.3 is 9.84 Å². The van der Waals surface area contributed by atoms with Gasteiger partial charge in [-0.3, -0.25) is 0 Å². The SMILES string of the molecule is COCC(O)(Cc1cccs1)C(C)C. The molecule has 0 radical (unpaired) electrons. The van der Waals surface area contributed by atoms with E-state index in [1.807, 2.05) is 31.4 Å². The van der Waals surface area contributed by atoms with Crippen LogP contribution in [-0.2, 0) is 11.2 Å². The number of aliphatic hydroxyl groups is 1. The quantitative estimate of drug-likeness (QED) is 0.815. The summed E-state index contributed by atoms with van der Waals surface area (Å²) in [4.78, 5) is 1.21. The van der Waals surface area contributed by atoms with E-state index in [1.54, 1.807) is 18.4 Å². The van der Waals surface area contributed by atoms with E-state index in [1.165, 1.54) is 4.88 Å². The largest absolute Gasteiger partial charge is 0.387 e. The molecule has 1 unspecified atom stereocenters. The molecule has 0 saturated heterocycles. The lowest BCUT2D eigenvalue weighted by Gasteiger charge is -2.31. The summed E-state index contributed by atoms with van der Waals surface area (Å²) in [6.45, 7) is 4.43. The Hall–Kier alpha value is -0.380. The first-order valence-corrected chi connectivity index (χ1v) is 5.70. The molecule has 0 fully saturated rings. The maximum Gasteiger partial charge on any atom is 0.0950 e. The molecule has 0 spiro atoms. The second-order valence-electron chi connectivity index (χ2n) is 3.95. The molecule has 3 heteroatoms. The van der Waals surface area contributed by atoms with Gasteiger partial charge in [0.2, 0.25) is 0 Å². The van der Waals surface area contributed by atoms with Gasteiger partial charge in [0.1, 0.15) is 0 Å². The molecular weight excluding hydrogens is 196 g/mol. The molecule has 2 nitrogen and oxygen atoms in total. The van der Waals surface area contributed by atoms with Crippen molar-refractivity contribution in [3.8, 4) is 0 Å². The molecule has 1 aromatic heterocycles. The molecule has 1 aromatic rings. The Labute approximate surface area is 89.5 Å². The summed E-state index contributed by atoms with van der Waals surface area (Å²) in [5.74, 6) is 0.199. The number of hydrogen-bond acceptors (Lipinski definition) is 3. The van der Waals surface area contributed by atoms with Gasteiger partial charge in [0.15, 0.2) is 0 Å². The normalized spacial score (nSPS) is 15.8. The second kappa shape index (κ2) is 4.91. The molecule has 14 heavy (non-hydrogen) atoms. The van der Waals surface area contributed by atoms with E-state index in [0.29, 0.717) is 13.0 Å². The highest BCUT2D eigenvalue weighted by atomic mass is 32.1. The summed E-state index contributed by atoms with van der Waals surface area (Å²) in [6, 6.07) is 4.06. The average molecular weight is 214 g/mol. The van der Waals surface area contributed by atoms with Crippen LogP contribution in [0, 0.1) is 5.92 Å². The lowest BCUT2D eigenvalue weighted by atomic mass is 9.87. The van der Waals surface area contributed by atoms with E-state index in [4.69, 9.17) is 4.74 Å². The number of ether oxygens (including phenoxy) is 1. The van der Waals surface area contributed by atoms with E-state index in [0.717, 1.165) is 0 Å². The van der Waals surface area contributed by atoms with Crippen molar-refractivity contribution in [2.75, 3.05) is 13.7 Å². The Morgan fingerprint density at radius 3 is 2.71 bits per heavy atom. The van der Waals surface area contributed by atoms with Gasteiger partial charge in [0.25, 0.3) is 0 Å². The summed E-state index contributed by atoms with van der Waals surface area (Å²) in [5.41, 5.74) is -0.737. The maximum absolute atomic E-state index is 10.3. The van der Waals surface area contributed by atoms with Crippen molar-refractivity contribution in [2.45, 2.75) is 25.9 Å². The fraction of sp³-hybridized carbons (Fsp3) is 0.636. The molecule has 1 heterocycles. The predicted molar refractivity (Wildman–Crippen MR) is 59.7 cm³/mol. The number of rotatable bonds is 5. The highest BCUT2D eigenvalue weighted by Gasteiger charge is 2.31. The van der Waals surface area contributed by atoms with Crippen molar-refractivity contribution in [1.82, 2.24) is 0 Å². The van der Waals surface area contributed by atoms with Gasteiger partial charge >= 0.3 is 0 Å². The van der Waals surface area contributed by atoms with Gasteiger partial charge in [-0.05, 0) is 17.4 Å². The van der Waals surface area contributed by atoms with E-state index in [2.05, 4.69) is 0 Å². The molecule has 0 aliphatic carbocycles. The zero-order chi connectivity index (χ0) is 10.6. The van der Waals surface area contributed by atoms with Crippen LogP contribution in [0.15, 0.2) is 17.5 Å². The molecule has 0 bridgehead atoms. The Balaban J connectivity index is 2.69. The average Bonchev–Trinajstić information content (AvgIpc) is 2.56. The van der Waals surface area contributed by atoms with E-state index in [9.17, 15) is 5.11 Å². The highest BCUT2D eigenvalue weighted by Crippen LogP contribution is 2.24. The van der Waals surface area contributed by atoms with Crippen LogP contribution in [0.2, 0.25) is 0 Å². The van der Waals surface area contributed by atoms with Crippen molar-refractivity contribution in [3.63, 3.8) is 0 Å². The monoisotopic (exact) mass is 214 g/mol. The van der Waals surface area contributed by atoms with Gasteiger partial charge in [-0.1, -0.05) is 19.9 Å². The molecule has 0 amide bonds. The third kappa shape index (κ3) is 2.80. The number of thiophene rings is 1. The van der Waals surface area contributed by atoms with Crippen LogP contribution in [-0.4, -0.2) is 24.4 Å². The first-order chi connectivity index (χ1) is 6.58. The van der Waals surface area contributed by atoms with Gasteiger partial charge in [-0.15, -0.1) is 11.3 Å². The van der Waals surface area contributed by atoms with Gasteiger partial charge in [-0.25, -0.2) is 0 Å². The molecule has 1 atom stereocenters. The summed E-state index contributed by atoms with van der Waals surface area (Å²) < 4.78 is 5.07. The second-order valence-corrected chi connectivity index (χ2v) is 4.98. The summed E-state index contributed by atoms with van der Waals surface area (Å²) >= 11 is 1.68. The minimum atomic E-state index is -0.737. The predicted octanol–water partition coefficient (Wildman–Crippen LogP) is 2.32. The first-order valence-electron chi connectivity index (χ1n) is 4.82. The van der Waals surface area contributed by atoms with Crippen LogP contribution in [0.3, 0.4) is 0 Å². The van der Waals surface area contributed by atoms with Crippen molar-refractivity contribution in [2.24, 2.45) is 5.92 Å². The topological polar surface area (TPSA) is 29.5 Å². The summed E-state index contributed by atoms with van der Waals surface area (Å²) in [5, 5.41) is 12.4. The maximum atomic E-state index is 10.3. The van der Waals surface area contributed by atoms with Crippen molar-refractivity contribution in [1.29, 1.82) is 0 Å². The van der Waals surface area contributed by atoms with Crippen LogP contribution in [0.25, 0.3) is 0 Å². The van der Waals surface area contributed by atoms with Crippen LogP contribution < -0.4 is 0 Å². The third-order valence-electron chi connectivity index (χ3n) is 2.53. The Kier molecular flexibility index (Phi) is 4.11. The fourth-order valence-electron chi connectivity index (χ4n) is 1.39. The summed E-state index contributed by atoms with van der Waals surface area (Å²) in [6.07, 6.45) is 0.677. The molecule has 0 aromatic carbocycles. The van der Waals surface area contributed by atoms with Crippen LogP contribution in [0.4, 0.5) is 0 Å². The highest BCUT2D eigenvalue weighted by molar-refractivity contribution is 7.09. The molecule has 80 valence electrons. The fourth-order valence-corrected chi connectivity index (χ4v) is 2.21. The standard InChI is InChI=1S/C11H18O2S/c1-9(2)11(12,8-13-3)7-10-5-4-6-14-10/h4-6,9,12H,7-8H2,1-3H3. The van der Waals surface area contributed by atoms with Gasteiger partial charge in [0, 0.05) is 18.4 Å². The minimum Gasteiger partial charge on any atom is -0.387 e. The minimum absolute atomic E-state index is 0.199. The Morgan fingerprint density at radius 2 is 2.29 bits per heavy atom. The molecule has 1 rings (SSSR count). The molecule has 0 aliphatic heterocycles. The zero-order valence-electron chi connectivity index (χ0n) is 8.99. The zero-order valence-corrected chi connectivity index (χ0v) is 9.80. The van der Waals surface area contributed by atoms with Crippen LogP contribution in [0.5, 0.6) is 0 Å². The smallest absolute Gasteiger partial charge is 0.0950 e. The van der Waals surface area contributed by atoms with Gasteiger partial charge in [0.05, 0.1) is 12.2 Å². The molecule has 0 aliphatic rings. The number of hydrogen-bond donors (Lipinski definition) is 1. The molecule has 0 saturated carbocycles. The Bertz CT molecular complexity index is 256. The lowest BCUT2D eigenvalue weighted by Crippen LogP contribution is -2.41. The van der Waals surface area contributed by atoms with Crippen LogP contribution in [0.1, 0.15) is 18.7 Å². The lowest BCUT2D eigenvalue weighted by molar-refractivity contribution is -0.0632.